The maximum Gasteiger partial charge on any atom is 0.252 e. The number of ketones is 1. The monoisotopic (exact) mass is 470 g/mol. The Labute approximate surface area is 170 Å². The van der Waals surface area contributed by atoms with E-state index in [-0.39, 0.29) is 22.4 Å². The van der Waals surface area contributed by atoms with E-state index in [2.05, 4.69) is 21.2 Å². The van der Waals surface area contributed by atoms with Gasteiger partial charge in [0.1, 0.15) is 4.21 Å². The molecule has 1 unspecified atom stereocenters. The average molecular weight is 471 g/mol. The van der Waals surface area contributed by atoms with Crippen LogP contribution >= 0.6 is 27.3 Å². The zero-order valence-corrected chi connectivity index (χ0v) is 17.9. The first-order valence-electron chi connectivity index (χ1n) is 8.45. The Morgan fingerprint density at radius 2 is 2.04 bits per heavy atom. The molecule has 0 aliphatic carbocycles. The molecule has 0 bridgehead atoms. The van der Waals surface area contributed by atoms with Crippen molar-refractivity contribution < 1.29 is 18.0 Å². The van der Waals surface area contributed by atoms with Gasteiger partial charge in [0.25, 0.3) is 10.0 Å². The number of carbonyl (C=O) groups excluding carboxylic acids is 2. The second-order valence-corrected chi connectivity index (χ2v) is 11.0. The summed E-state index contributed by atoms with van der Waals surface area (Å²) in [6, 6.07) is 10.0. The molecule has 3 rings (SSSR count). The second kappa shape index (κ2) is 8.22. The molecule has 9 heteroatoms. The summed E-state index contributed by atoms with van der Waals surface area (Å²) in [6.07, 6.45) is 1.25. The van der Waals surface area contributed by atoms with Crippen LogP contribution in [0.25, 0.3) is 0 Å². The van der Waals surface area contributed by atoms with E-state index in [0.29, 0.717) is 30.6 Å². The molecule has 0 radical (unpaired) electrons. The highest BCUT2D eigenvalue weighted by molar-refractivity contribution is 9.11. The van der Waals surface area contributed by atoms with Crippen LogP contribution in [0.3, 0.4) is 0 Å². The van der Waals surface area contributed by atoms with Gasteiger partial charge in [-0.15, -0.1) is 11.3 Å². The zero-order chi connectivity index (χ0) is 19.6. The van der Waals surface area contributed by atoms with Gasteiger partial charge in [-0.2, -0.15) is 4.31 Å². The molecule has 27 heavy (non-hydrogen) atoms. The lowest BCUT2D eigenvalue weighted by molar-refractivity contribution is -0.120. The molecule has 2 heterocycles. The summed E-state index contributed by atoms with van der Waals surface area (Å²) in [5, 5.41) is 2.81. The van der Waals surface area contributed by atoms with Crippen molar-refractivity contribution in [3.05, 3.63) is 45.7 Å². The van der Waals surface area contributed by atoms with Crippen LogP contribution in [-0.4, -0.2) is 37.5 Å². The maximum atomic E-state index is 12.8. The number of thiophene rings is 1. The number of hydrogen-bond donors (Lipinski definition) is 1. The summed E-state index contributed by atoms with van der Waals surface area (Å²) in [6.45, 7) is 2.02. The van der Waals surface area contributed by atoms with Gasteiger partial charge in [0.15, 0.2) is 5.78 Å². The van der Waals surface area contributed by atoms with E-state index >= 15 is 0 Å². The molecular formula is C18H19BrN2O4S2. The molecule has 1 saturated heterocycles. The minimum absolute atomic E-state index is 0.0804. The van der Waals surface area contributed by atoms with E-state index in [0.717, 1.165) is 15.1 Å². The molecule has 144 valence electrons. The molecule has 0 spiro atoms. The summed E-state index contributed by atoms with van der Waals surface area (Å²) in [4.78, 5) is 24.1. The van der Waals surface area contributed by atoms with Crippen LogP contribution in [0.1, 0.15) is 30.1 Å². The third-order valence-corrected chi connectivity index (χ3v) is 8.39. The van der Waals surface area contributed by atoms with Crippen molar-refractivity contribution in [3.8, 4) is 0 Å². The van der Waals surface area contributed by atoms with Gasteiger partial charge >= 0.3 is 0 Å². The highest BCUT2D eigenvalue weighted by Gasteiger charge is 2.34. The van der Waals surface area contributed by atoms with E-state index in [4.69, 9.17) is 0 Å². The Balaban J connectivity index is 1.71. The van der Waals surface area contributed by atoms with Gasteiger partial charge in [-0.1, -0.05) is 12.1 Å². The number of nitrogens with one attached hydrogen (secondary N) is 1. The number of amides is 1. The largest absolute Gasteiger partial charge is 0.326 e. The first-order valence-corrected chi connectivity index (χ1v) is 11.5. The van der Waals surface area contributed by atoms with E-state index in [1.54, 1.807) is 36.4 Å². The number of rotatable bonds is 5. The minimum Gasteiger partial charge on any atom is -0.326 e. The van der Waals surface area contributed by atoms with Crippen molar-refractivity contribution in [1.82, 2.24) is 4.31 Å². The molecule has 1 aliphatic heterocycles. The van der Waals surface area contributed by atoms with Crippen molar-refractivity contribution in [3.63, 3.8) is 0 Å². The highest BCUT2D eigenvalue weighted by atomic mass is 79.9. The van der Waals surface area contributed by atoms with Crippen molar-refractivity contribution in [2.75, 3.05) is 18.4 Å². The number of carbonyl (C=O) groups is 2. The second-order valence-electron chi connectivity index (χ2n) is 6.39. The van der Waals surface area contributed by atoms with E-state index in [1.807, 2.05) is 0 Å². The maximum absolute atomic E-state index is 12.8. The fourth-order valence-corrected chi connectivity index (χ4v) is 6.69. The number of piperidine rings is 1. The van der Waals surface area contributed by atoms with Gasteiger partial charge in [-0.3, -0.25) is 9.59 Å². The van der Waals surface area contributed by atoms with Crippen molar-refractivity contribution >= 4 is 54.7 Å². The Morgan fingerprint density at radius 1 is 1.26 bits per heavy atom. The quantitative estimate of drug-likeness (QED) is 0.674. The number of hydrogen-bond acceptors (Lipinski definition) is 5. The van der Waals surface area contributed by atoms with Gasteiger partial charge in [0.05, 0.1) is 9.70 Å². The molecule has 1 amide bonds. The number of Topliss-reactive ketones (excluding diaryl/α,β-unsaturated/α-hetero) is 1. The Morgan fingerprint density at radius 3 is 2.70 bits per heavy atom. The van der Waals surface area contributed by atoms with Gasteiger partial charge in [-0.25, -0.2) is 8.42 Å². The Hall–Kier alpha value is -1.55. The molecule has 6 nitrogen and oxygen atoms in total. The molecular weight excluding hydrogens is 452 g/mol. The predicted molar refractivity (Wildman–Crippen MR) is 109 cm³/mol. The number of halogens is 1. The van der Waals surface area contributed by atoms with E-state index < -0.39 is 15.9 Å². The number of sulfonamides is 1. The minimum atomic E-state index is -3.60. The van der Waals surface area contributed by atoms with Crippen LogP contribution in [0.5, 0.6) is 0 Å². The van der Waals surface area contributed by atoms with Gasteiger partial charge in [0, 0.05) is 24.3 Å². The smallest absolute Gasteiger partial charge is 0.252 e. The lowest BCUT2D eigenvalue weighted by Gasteiger charge is -2.30. The van der Waals surface area contributed by atoms with Crippen LogP contribution in [-0.2, 0) is 14.8 Å². The summed E-state index contributed by atoms with van der Waals surface area (Å²) < 4.78 is 28.0. The summed E-state index contributed by atoms with van der Waals surface area (Å²) in [5.74, 6) is -0.746. The Kier molecular flexibility index (Phi) is 6.15. The van der Waals surface area contributed by atoms with Crippen molar-refractivity contribution in [1.29, 1.82) is 0 Å². The number of anilines is 1. The average Bonchev–Trinajstić information content (AvgIpc) is 3.09. The van der Waals surface area contributed by atoms with Gasteiger partial charge in [0.2, 0.25) is 5.91 Å². The Bertz CT molecular complexity index is 971. The molecule has 1 aromatic carbocycles. The van der Waals surface area contributed by atoms with E-state index in [9.17, 15) is 18.0 Å². The number of nitrogens with zero attached hydrogens (tertiary/aromatic N) is 1. The van der Waals surface area contributed by atoms with Crippen LogP contribution in [0.4, 0.5) is 5.69 Å². The lowest BCUT2D eigenvalue weighted by Crippen LogP contribution is -2.43. The van der Waals surface area contributed by atoms with Crippen LogP contribution < -0.4 is 5.32 Å². The fraction of sp³-hybridized carbons (Fsp3) is 0.333. The molecule has 0 saturated carbocycles. The van der Waals surface area contributed by atoms with Crippen LogP contribution in [0.2, 0.25) is 0 Å². The standard InChI is InChI=1S/C18H19BrN2O4S2/c1-12(22)13-4-2-6-15(10-13)20-18(23)14-5-3-9-21(11-14)27(24,25)17-8-7-16(19)26-17/h2,4,6-8,10,14H,3,5,9,11H2,1H3,(H,20,23). The summed E-state index contributed by atoms with van der Waals surface area (Å²) >= 11 is 4.44. The molecule has 1 N–H and O–H groups in total. The third kappa shape index (κ3) is 4.66. The zero-order valence-electron chi connectivity index (χ0n) is 14.6. The normalized spacial score (nSPS) is 18.2. The van der Waals surface area contributed by atoms with Crippen molar-refractivity contribution in [2.24, 2.45) is 5.92 Å². The predicted octanol–water partition coefficient (Wildman–Crippen LogP) is 3.75. The molecule has 2 aromatic rings. The number of benzene rings is 1. The molecule has 1 atom stereocenters. The summed E-state index contributed by atoms with van der Waals surface area (Å²) in [7, 11) is -3.60. The van der Waals surface area contributed by atoms with Crippen LogP contribution in [0.15, 0.2) is 44.4 Å². The lowest BCUT2D eigenvalue weighted by atomic mass is 9.98. The van der Waals surface area contributed by atoms with Crippen LogP contribution in [0, 0.1) is 5.92 Å². The molecule has 1 aromatic heterocycles. The first kappa shape index (κ1) is 20.2. The third-order valence-electron chi connectivity index (χ3n) is 4.43. The SMILES string of the molecule is CC(=O)c1cccc(NC(=O)C2CCCN(S(=O)(=O)c3ccc(Br)s3)C2)c1. The highest BCUT2D eigenvalue weighted by Crippen LogP contribution is 2.31. The van der Waals surface area contributed by atoms with E-state index in [1.165, 1.54) is 11.2 Å². The molecule has 1 fully saturated rings. The topological polar surface area (TPSA) is 83.6 Å². The van der Waals surface area contributed by atoms with Gasteiger partial charge in [-0.05, 0) is 60.0 Å². The van der Waals surface area contributed by atoms with Gasteiger partial charge < -0.3 is 5.32 Å². The fourth-order valence-electron chi connectivity index (χ4n) is 3.00. The van der Waals surface area contributed by atoms with Crippen molar-refractivity contribution in [2.45, 2.75) is 24.0 Å². The summed E-state index contributed by atoms with van der Waals surface area (Å²) in [5.41, 5.74) is 1.05. The molecule has 1 aliphatic rings. The first-order chi connectivity index (χ1) is 12.8.